The van der Waals surface area contributed by atoms with Gasteiger partial charge in [0.15, 0.2) is 0 Å². The summed E-state index contributed by atoms with van der Waals surface area (Å²) in [6.45, 7) is -3.62. The summed E-state index contributed by atoms with van der Waals surface area (Å²) in [6.07, 6.45) is 0. The molecule has 1 aliphatic heterocycles. The van der Waals surface area contributed by atoms with E-state index in [0.29, 0.717) is 0 Å². The van der Waals surface area contributed by atoms with E-state index >= 15 is 0 Å². The van der Waals surface area contributed by atoms with Crippen LogP contribution in [-0.2, 0) is 14.3 Å². The summed E-state index contributed by atoms with van der Waals surface area (Å²) < 4.78 is -0.863. The molecule has 248 valence electrons. The number of benzene rings is 6. The number of carboxylic acid groups (broad SMARTS) is 1. The van der Waals surface area contributed by atoms with Crippen molar-refractivity contribution in [2.75, 3.05) is 6.61 Å². The smallest absolute Gasteiger partial charge is 0.353 e. The summed E-state index contributed by atoms with van der Waals surface area (Å²) in [4.78, 5) is 30.1. The highest BCUT2D eigenvalue weighted by molar-refractivity contribution is 8.01. The second-order valence-electron chi connectivity index (χ2n) is 12.1. The predicted octanol–water partition coefficient (Wildman–Crippen LogP) is 6.70. The van der Waals surface area contributed by atoms with Crippen molar-refractivity contribution < 1.29 is 19.8 Å². The third-order valence-electron chi connectivity index (χ3n) is 9.36. The molecule has 7 heteroatoms. The largest absolute Gasteiger partial charge is 0.477 e. The minimum Gasteiger partial charge on any atom is -0.477 e. The van der Waals surface area contributed by atoms with E-state index in [-0.39, 0.29) is 5.42 Å². The van der Waals surface area contributed by atoms with Crippen LogP contribution in [0.15, 0.2) is 182 Å². The average molecular weight is 694 g/mol. The Kier molecular flexibility index (Phi) is 9.60. The number of hydrogen-bond donors (Lipinski definition) is 2. The molecule has 6 aromatic carbocycles. The van der Waals surface area contributed by atoms with Crippen molar-refractivity contribution in [2.45, 2.75) is 10.1 Å². The molecular weight excluding hydrogens is 658 g/mol. The third-order valence-corrected chi connectivity index (χ3v) is 15.5. The summed E-state index contributed by atoms with van der Waals surface area (Å²) in [5.41, 5.74) is 2.96. The fraction of sp³-hybridized carbons (Fsp3) is 0.0930. The molecule has 1 amide bonds. The van der Waals surface area contributed by atoms with Crippen LogP contribution >= 0.6 is 18.6 Å². The second-order valence-corrected chi connectivity index (χ2v) is 16.7. The maximum Gasteiger partial charge on any atom is 0.353 e. The Balaban J connectivity index is 1.57. The van der Waals surface area contributed by atoms with Gasteiger partial charge in [-0.3, -0.25) is 9.69 Å². The molecule has 0 radical (unpaired) electrons. The fourth-order valence-corrected chi connectivity index (χ4v) is 13.4. The molecule has 0 bridgehead atoms. The van der Waals surface area contributed by atoms with Gasteiger partial charge in [0.05, 0.1) is 22.6 Å². The molecular formula is C43H36NO4PS. The van der Waals surface area contributed by atoms with Gasteiger partial charge in [0.2, 0.25) is 5.91 Å². The summed E-state index contributed by atoms with van der Waals surface area (Å²) in [5.74, 6) is -2.40. The summed E-state index contributed by atoms with van der Waals surface area (Å²) in [6, 6.07) is 59.4. The molecule has 0 aliphatic carbocycles. The van der Waals surface area contributed by atoms with E-state index in [1.54, 1.807) is 0 Å². The van der Waals surface area contributed by atoms with E-state index in [1.807, 2.05) is 146 Å². The van der Waals surface area contributed by atoms with Gasteiger partial charge in [0.25, 0.3) is 0 Å². The van der Waals surface area contributed by atoms with Crippen molar-refractivity contribution in [2.24, 2.45) is 5.92 Å². The molecule has 1 heterocycles. The SMILES string of the molecule is O=C(O)C(N1C(=O)C(CO)C1SC(c1ccccc1)(c1ccccc1)c1ccccc1)=P(c1ccccc1)(c1ccccc1)c1ccccc1. The van der Waals surface area contributed by atoms with Gasteiger partial charge in [-0.1, -0.05) is 182 Å². The molecule has 1 aliphatic rings. The number of β-lactam (4-membered cyclic amide) rings is 1. The highest BCUT2D eigenvalue weighted by Crippen LogP contribution is 2.56. The third kappa shape index (κ3) is 5.60. The number of rotatable bonds is 11. The van der Waals surface area contributed by atoms with Gasteiger partial charge < -0.3 is 10.2 Å². The van der Waals surface area contributed by atoms with Gasteiger partial charge >= 0.3 is 5.97 Å². The van der Waals surface area contributed by atoms with Crippen molar-refractivity contribution in [1.29, 1.82) is 0 Å². The van der Waals surface area contributed by atoms with Crippen LogP contribution in [0.4, 0.5) is 0 Å². The number of nitrogens with zero attached hydrogens (tertiary/aromatic N) is 1. The normalized spacial score (nSPS) is 16.0. The number of aliphatic hydroxyl groups is 1. The van der Waals surface area contributed by atoms with Crippen molar-refractivity contribution in [1.82, 2.24) is 4.90 Å². The van der Waals surface area contributed by atoms with Gasteiger partial charge in [-0.15, -0.1) is 11.8 Å². The molecule has 0 spiro atoms. The number of aliphatic carboxylic acids is 1. The summed E-state index contributed by atoms with van der Waals surface area (Å²) >= 11 is 1.51. The van der Waals surface area contributed by atoms with Crippen LogP contribution in [0.1, 0.15) is 16.7 Å². The number of carboxylic acids is 1. The highest BCUT2D eigenvalue weighted by Gasteiger charge is 2.56. The Hall–Kier alpha value is -5.13. The lowest BCUT2D eigenvalue weighted by Gasteiger charge is -2.52. The van der Waals surface area contributed by atoms with Gasteiger partial charge in [0, 0.05) is 6.89 Å². The first-order valence-corrected chi connectivity index (χ1v) is 19.2. The molecule has 2 atom stereocenters. The number of carbonyl (C=O) groups excluding carboxylic acids is 1. The maximum atomic E-state index is 14.5. The van der Waals surface area contributed by atoms with Crippen LogP contribution in [0.5, 0.6) is 0 Å². The molecule has 2 unspecified atom stereocenters. The Bertz CT molecular complexity index is 1930. The lowest BCUT2D eigenvalue weighted by atomic mass is 9.84. The van der Waals surface area contributed by atoms with E-state index in [1.165, 1.54) is 16.7 Å². The predicted molar refractivity (Wildman–Crippen MR) is 206 cm³/mol. The van der Waals surface area contributed by atoms with Crippen LogP contribution < -0.4 is 15.9 Å². The number of likely N-dealkylation sites (tertiary alicyclic amines) is 1. The molecule has 7 rings (SSSR count). The average Bonchev–Trinajstić information content (AvgIpc) is 3.18. The Morgan fingerprint density at radius 2 is 0.900 bits per heavy atom. The van der Waals surface area contributed by atoms with E-state index in [2.05, 4.69) is 36.4 Å². The molecule has 1 saturated heterocycles. The van der Waals surface area contributed by atoms with Crippen molar-refractivity contribution in [3.63, 3.8) is 0 Å². The molecule has 50 heavy (non-hydrogen) atoms. The first-order valence-electron chi connectivity index (χ1n) is 16.5. The van der Waals surface area contributed by atoms with E-state index in [4.69, 9.17) is 0 Å². The molecule has 0 saturated carbocycles. The van der Waals surface area contributed by atoms with Gasteiger partial charge in [-0.2, -0.15) is 0 Å². The Morgan fingerprint density at radius 3 is 1.20 bits per heavy atom. The molecule has 1 fully saturated rings. The van der Waals surface area contributed by atoms with Crippen LogP contribution in [0, 0.1) is 5.92 Å². The summed E-state index contributed by atoms with van der Waals surface area (Å²) in [5, 5.41) is 24.0. The first kappa shape index (κ1) is 33.4. The quantitative estimate of drug-likeness (QED) is 0.0898. The minimum atomic E-state index is -3.21. The molecule has 0 aromatic heterocycles. The Labute approximate surface area is 296 Å². The molecule has 2 N–H and O–H groups in total. The van der Waals surface area contributed by atoms with Crippen LogP contribution in [0.25, 0.3) is 0 Å². The first-order chi connectivity index (χ1) is 24.5. The van der Waals surface area contributed by atoms with Crippen LogP contribution in [0.3, 0.4) is 0 Å². The van der Waals surface area contributed by atoms with Crippen molar-refractivity contribution in [3.8, 4) is 0 Å². The van der Waals surface area contributed by atoms with Gasteiger partial charge in [-0.25, -0.2) is 4.79 Å². The highest BCUT2D eigenvalue weighted by atomic mass is 32.2. The number of aliphatic hydroxyl groups excluding tert-OH is 1. The zero-order chi connectivity index (χ0) is 34.6. The van der Waals surface area contributed by atoms with E-state index in [0.717, 1.165) is 32.6 Å². The lowest BCUT2D eigenvalue weighted by Crippen LogP contribution is -2.66. The van der Waals surface area contributed by atoms with Gasteiger partial charge in [0.1, 0.15) is 5.42 Å². The zero-order valence-corrected chi connectivity index (χ0v) is 28.9. The number of hydrogen-bond acceptors (Lipinski definition) is 4. The minimum absolute atomic E-state index is 0.0244. The molecule has 5 nitrogen and oxygen atoms in total. The number of amides is 1. The maximum absolute atomic E-state index is 14.5. The van der Waals surface area contributed by atoms with Crippen molar-refractivity contribution >= 4 is 51.9 Å². The van der Waals surface area contributed by atoms with E-state index in [9.17, 15) is 19.8 Å². The molecule has 6 aromatic rings. The zero-order valence-electron chi connectivity index (χ0n) is 27.2. The van der Waals surface area contributed by atoms with Crippen LogP contribution in [0.2, 0.25) is 0 Å². The number of carbonyl (C=O) groups is 2. The standard InChI is InChI=1S/C43H36NO4PS/c45-31-38-39(46)44(41(38)50-43(32-19-7-1-8-20-32,33-21-9-2-10-22-33)34-23-11-3-12-24-34)40(42(47)48)49(35-25-13-4-14-26-35,36-27-15-5-16-28-36)37-29-17-6-18-30-37/h1-30,38,41,45H,31H2,(H,47,48). The monoisotopic (exact) mass is 693 g/mol. The topological polar surface area (TPSA) is 77.8 Å². The van der Waals surface area contributed by atoms with E-state index < -0.39 is 41.4 Å². The number of thioether (sulfide) groups is 1. The fourth-order valence-electron chi connectivity index (χ4n) is 7.13. The lowest BCUT2D eigenvalue weighted by molar-refractivity contribution is -0.147. The second kappa shape index (κ2) is 14.4. The Morgan fingerprint density at radius 1 is 0.580 bits per heavy atom. The van der Waals surface area contributed by atoms with Gasteiger partial charge in [-0.05, 0) is 32.6 Å². The van der Waals surface area contributed by atoms with Crippen LogP contribution in [-0.4, -0.2) is 44.4 Å². The summed E-state index contributed by atoms with van der Waals surface area (Å²) in [7, 11) is 0. The van der Waals surface area contributed by atoms with Crippen molar-refractivity contribution in [3.05, 3.63) is 199 Å².